The lowest BCUT2D eigenvalue weighted by atomic mass is 9.95. The topological polar surface area (TPSA) is 74.5 Å². The number of ether oxygens (including phenoxy) is 2. The van der Waals surface area contributed by atoms with Crippen molar-refractivity contribution < 1.29 is 18.7 Å². The van der Waals surface area contributed by atoms with Crippen LogP contribution < -0.4 is 0 Å². The molecule has 0 amide bonds. The van der Waals surface area contributed by atoms with Gasteiger partial charge in [0, 0.05) is 0 Å². The molecule has 2 heterocycles. The van der Waals surface area contributed by atoms with Crippen molar-refractivity contribution in [3.05, 3.63) is 48.2 Å². The van der Waals surface area contributed by atoms with Gasteiger partial charge in [0.25, 0.3) is 0 Å². The van der Waals surface area contributed by atoms with Crippen molar-refractivity contribution >= 4 is 5.97 Å². The molecule has 0 spiro atoms. The van der Waals surface area contributed by atoms with Crippen molar-refractivity contribution in [2.24, 2.45) is 5.92 Å². The molecule has 1 saturated heterocycles. The molecule has 0 aliphatic carbocycles. The summed E-state index contributed by atoms with van der Waals surface area (Å²) in [4.78, 5) is 11.9. The van der Waals surface area contributed by atoms with Crippen LogP contribution in [-0.4, -0.2) is 22.8 Å². The Morgan fingerprint density at radius 3 is 2.82 bits per heavy atom. The quantitative estimate of drug-likeness (QED) is 0.790. The summed E-state index contributed by atoms with van der Waals surface area (Å²) in [5.41, 5.74) is 0.993. The molecule has 1 aromatic heterocycles. The number of carbonyl (C=O) groups is 1. The summed E-state index contributed by atoms with van der Waals surface area (Å²) in [5, 5.41) is 7.50. The van der Waals surface area contributed by atoms with Crippen LogP contribution in [0.15, 0.2) is 41.1 Å². The lowest BCUT2D eigenvalue weighted by Crippen LogP contribution is -2.24. The number of benzene rings is 1. The average molecular weight is 302 g/mol. The molecule has 0 N–H and O–H groups in total. The van der Waals surface area contributed by atoms with E-state index in [1.165, 1.54) is 6.39 Å². The molecule has 0 saturated carbocycles. The van der Waals surface area contributed by atoms with Crippen molar-refractivity contribution in [3.8, 4) is 0 Å². The predicted molar refractivity (Wildman–Crippen MR) is 76.6 cm³/mol. The van der Waals surface area contributed by atoms with E-state index in [9.17, 15) is 4.79 Å². The molecule has 1 aliphatic rings. The largest absolute Gasteiger partial charge is 0.461 e. The van der Waals surface area contributed by atoms with E-state index in [-0.39, 0.29) is 18.0 Å². The van der Waals surface area contributed by atoms with Gasteiger partial charge in [-0.05, 0) is 24.3 Å². The van der Waals surface area contributed by atoms with Crippen molar-refractivity contribution in [2.45, 2.75) is 32.0 Å². The van der Waals surface area contributed by atoms with Gasteiger partial charge in [-0.15, -0.1) is 10.2 Å². The van der Waals surface area contributed by atoms with Gasteiger partial charge in [0.2, 0.25) is 12.3 Å². The third-order valence-corrected chi connectivity index (χ3v) is 3.72. The third-order valence-electron chi connectivity index (χ3n) is 3.72. The molecule has 1 aromatic carbocycles. The first-order chi connectivity index (χ1) is 10.8. The molecule has 1 fully saturated rings. The predicted octanol–water partition coefficient (Wildman–Crippen LogP) is 2.67. The lowest BCUT2D eigenvalue weighted by Gasteiger charge is -2.26. The minimum absolute atomic E-state index is 0.154. The second kappa shape index (κ2) is 7.17. The highest BCUT2D eigenvalue weighted by Crippen LogP contribution is 2.30. The Morgan fingerprint density at radius 2 is 2.14 bits per heavy atom. The minimum atomic E-state index is -0.186. The number of esters is 1. The number of carbonyl (C=O) groups excluding carboxylic acids is 1. The standard InChI is InChI=1S/C16H18N2O4/c19-15(21-9-12-4-2-1-3-5-12)8-13-6-7-14(20-10-13)16-18-17-11-22-16/h1-5,11,13-14H,6-10H2/t13-,14-/m0/s1. The fourth-order valence-corrected chi connectivity index (χ4v) is 2.52. The van der Waals surface area contributed by atoms with Crippen molar-refractivity contribution in [3.63, 3.8) is 0 Å². The van der Waals surface area contributed by atoms with Crippen LogP contribution in [0.2, 0.25) is 0 Å². The zero-order chi connectivity index (χ0) is 15.2. The maximum Gasteiger partial charge on any atom is 0.306 e. The van der Waals surface area contributed by atoms with E-state index >= 15 is 0 Å². The smallest absolute Gasteiger partial charge is 0.306 e. The summed E-state index contributed by atoms with van der Waals surface area (Å²) < 4.78 is 16.1. The number of aromatic nitrogens is 2. The summed E-state index contributed by atoms with van der Waals surface area (Å²) in [6.07, 6.45) is 3.18. The zero-order valence-electron chi connectivity index (χ0n) is 12.2. The molecule has 6 nitrogen and oxygen atoms in total. The molecule has 2 aromatic rings. The van der Waals surface area contributed by atoms with Gasteiger partial charge in [-0.1, -0.05) is 30.3 Å². The number of rotatable bonds is 5. The minimum Gasteiger partial charge on any atom is -0.461 e. The Morgan fingerprint density at radius 1 is 1.27 bits per heavy atom. The van der Waals surface area contributed by atoms with E-state index < -0.39 is 0 Å². The van der Waals surface area contributed by atoms with E-state index in [1.807, 2.05) is 30.3 Å². The first-order valence-corrected chi connectivity index (χ1v) is 7.38. The molecule has 0 unspecified atom stereocenters. The third kappa shape index (κ3) is 3.92. The van der Waals surface area contributed by atoms with Gasteiger partial charge >= 0.3 is 5.97 Å². The Kier molecular flexibility index (Phi) is 4.80. The first kappa shape index (κ1) is 14.7. The summed E-state index contributed by atoms with van der Waals surface area (Å²) in [6, 6.07) is 9.66. The van der Waals surface area contributed by atoms with Crippen LogP contribution in [0, 0.1) is 5.92 Å². The molecule has 3 rings (SSSR count). The highest BCUT2D eigenvalue weighted by Gasteiger charge is 2.27. The van der Waals surface area contributed by atoms with Gasteiger partial charge in [-0.2, -0.15) is 0 Å². The highest BCUT2D eigenvalue weighted by molar-refractivity contribution is 5.69. The van der Waals surface area contributed by atoms with Crippen LogP contribution in [-0.2, 0) is 20.9 Å². The Hall–Kier alpha value is -2.21. The molecule has 2 atom stereocenters. The normalized spacial score (nSPS) is 21.5. The van der Waals surface area contributed by atoms with Gasteiger partial charge in [-0.25, -0.2) is 0 Å². The van der Waals surface area contributed by atoms with Crippen LogP contribution >= 0.6 is 0 Å². The molecule has 0 bridgehead atoms. The van der Waals surface area contributed by atoms with Gasteiger partial charge < -0.3 is 13.9 Å². The molecule has 6 heteroatoms. The van der Waals surface area contributed by atoms with Crippen molar-refractivity contribution in [1.29, 1.82) is 0 Å². The van der Waals surface area contributed by atoms with Crippen LogP contribution in [0.5, 0.6) is 0 Å². The Balaban J connectivity index is 1.40. The summed E-state index contributed by atoms with van der Waals surface area (Å²) in [5.74, 6) is 0.501. The van der Waals surface area contributed by atoms with E-state index in [0.717, 1.165) is 18.4 Å². The number of hydrogen-bond donors (Lipinski definition) is 0. The van der Waals surface area contributed by atoms with E-state index in [2.05, 4.69) is 10.2 Å². The zero-order valence-corrected chi connectivity index (χ0v) is 12.2. The Bertz CT molecular complexity index is 577. The molecule has 0 radical (unpaired) electrons. The Labute approximate surface area is 128 Å². The second-order valence-electron chi connectivity index (χ2n) is 5.39. The fraction of sp³-hybridized carbons (Fsp3) is 0.438. The second-order valence-corrected chi connectivity index (χ2v) is 5.39. The van der Waals surface area contributed by atoms with E-state index in [4.69, 9.17) is 13.9 Å². The lowest BCUT2D eigenvalue weighted by molar-refractivity contribution is -0.148. The monoisotopic (exact) mass is 302 g/mol. The molecule has 22 heavy (non-hydrogen) atoms. The SMILES string of the molecule is O=C(C[C@@H]1CC[C@@H](c2nnco2)OC1)OCc1ccccc1. The fourth-order valence-electron chi connectivity index (χ4n) is 2.52. The maximum atomic E-state index is 11.9. The van der Waals surface area contributed by atoms with Crippen molar-refractivity contribution in [1.82, 2.24) is 10.2 Å². The van der Waals surface area contributed by atoms with Gasteiger partial charge in [0.05, 0.1) is 13.0 Å². The molecular formula is C16H18N2O4. The molecule has 116 valence electrons. The van der Waals surface area contributed by atoms with Gasteiger partial charge in [-0.3, -0.25) is 4.79 Å². The summed E-state index contributed by atoms with van der Waals surface area (Å²) in [7, 11) is 0. The van der Waals surface area contributed by atoms with Crippen LogP contribution in [0.25, 0.3) is 0 Å². The van der Waals surface area contributed by atoms with Crippen LogP contribution in [0.1, 0.15) is 36.8 Å². The highest BCUT2D eigenvalue weighted by atomic mass is 16.5. The molecule has 1 aliphatic heterocycles. The average Bonchev–Trinajstić information content (AvgIpc) is 3.09. The molecular weight excluding hydrogens is 284 g/mol. The van der Waals surface area contributed by atoms with Crippen LogP contribution in [0.3, 0.4) is 0 Å². The van der Waals surface area contributed by atoms with Gasteiger partial charge in [0.15, 0.2) is 0 Å². The summed E-state index contributed by atoms with van der Waals surface area (Å²) in [6.45, 7) is 0.825. The number of nitrogens with zero attached hydrogens (tertiary/aromatic N) is 2. The van der Waals surface area contributed by atoms with Crippen molar-refractivity contribution in [2.75, 3.05) is 6.61 Å². The van der Waals surface area contributed by atoms with Gasteiger partial charge in [0.1, 0.15) is 12.7 Å². The van der Waals surface area contributed by atoms with E-state index in [1.54, 1.807) is 0 Å². The maximum absolute atomic E-state index is 11.9. The van der Waals surface area contributed by atoms with Crippen LogP contribution in [0.4, 0.5) is 0 Å². The van der Waals surface area contributed by atoms with E-state index in [0.29, 0.717) is 25.5 Å². The number of hydrogen-bond acceptors (Lipinski definition) is 6. The summed E-state index contributed by atoms with van der Waals surface area (Å²) >= 11 is 0. The first-order valence-electron chi connectivity index (χ1n) is 7.38.